The van der Waals surface area contributed by atoms with Gasteiger partial charge in [0.25, 0.3) is 10.1 Å². The van der Waals surface area contributed by atoms with Gasteiger partial charge in [-0.25, -0.2) is 0 Å². The topological polar surface area (TPSA) is 124 Å². The average Bonchev–Trinajstić information content (AvgIpc) is 2.88. The van der Waals surface area contributed by atoms with E-state index in [1.807, 2.05) is 0 Å². The Morgan fingerprint density at radius 1 is 0.692 bits per heavy atom. The Morgan fingerprint density at radius 3 is 1.67 bits per heavy atom. The zero-order chi connectivity index (χ0) is 29.2. The summed E-state index contributed by atoms with van der Waals surface area (Å²) in [7, 11) is -4.44. The molecule has 3 atom stereocenters. The van der Waals surface area contributed by atoms with Gasteiger partial charge in [-0.15, -0.1) is 0 Å². The fourth-order valence-electron chi connectivity index (χ4n) is 4.24. The minimum Gasteiger partial charge on any atom is -0.387 e. The van der Waals surface area contributed by atoms with Crippen LogP contribution in [0.2, 0.25) is 0 Å². The molecule has 0 rings (SSSR count). The highest BCUT2D eigenvalue weighted by Gasteiger charge is 2.27. The van der Waals surface area contributed by atoms with Crippen molar-refractivity contribution in [2.75, 3.05) is 5.75 Å². The second-order valence-electron chi connectivity index (χ2n) is 10.5. The van der Waals surface area contributed by atoms with Crippen molar-refractivity contribution >= 4 is 16.0 Å². The van der Waals surface area contributed by atoms with Crippen LogP contribution in [0.15, 0.2) is 36.5 Å². The summed E-state index contributed by atoms with van der Waals surface area (Å²) in [6, 6.07) is -1.25. The van der Waals surface area contributed by atoms with Crippen molar-refractivity contribution in [3.8, 4) is 0 Å². The quantitative estimate of drug-likeness (QED) is 0.0514. The first-order valence-corrected chi connectivity index (χ1v) is 16.9. The first kappa shape index (κ1) is 37.5. The van der Waals surface area contributed by atoms with Gasteiger partial charge >= 0.3 is 0 Å². The second kappa shape index (κ2) is 25.5. The molecule has 0 saturated heterocycles. The summed E-state index contributed by atoms with van der Waals surface area (Å²) >= 11 is 0. The van der Waals surface area contributed by atoms with Gasteiger partial charge in [0, 0.05) is 0 Å². The lowest BCUT2D eigenvalue weighted by Crippen LogP contribution is -2.50. The lowest BCUT2D eigenvalue weighted by Gasteiger charge is -2.22. The fraction of sp³-hybridized carbons (Fsp3) is 0.774. The Hall–Kier alpha value is -1.48. The van der Waals surface area contributed by atoms with Gasteiger partial charge in [-0.3, -0.25) is 9.35 Å². The number of unbranched alkanes of at least 4 members (excludes halogenated alkanes) is 13. The Kier molecular flexibility index (Phi) is 24.5. The maximum Gasteiger partial charge on any atom is 0.267 e. The van der Waals surface area contributed by atoms with Crippen LogP contribution in [0.5, 0.6) is 0 Å². The summed E-state index contributed by atoms with van der Waals surface area (Å²) in [6.07, 6.45) is 27.8. The molecular weight excluding hydrogens is 514 g/mol. The van der Waals surface area contributed by atoms with E-state index in [9.17, 15) is 28.0 Å². The molecule has 0 heterocycles. The molecule has 1 amide bonds. The maximum absolute atomic E-state index is 12.4. The second-order valence-corrected chi connectivity index (χ2v) is 12.0. The minimum absolute atomic E-state index is 0.272. The number of carbonyl (C=O) groups excluding carboxylic acids is 1. The van der Waals surface area contributed by atoms with Gasteiger partial charge in [0.15, 0.2) is 0 Å². The fourth-order valence-corrected chi connectivity index (χ4v) is 4.97. The third-order valence-electron chi connectivity index (χ3n) is 6.65. The molecule has 3 unspecified atom stereocenters. The van der Waals surface area contributed by atoms with Crippen LogP contribution in [0.25, 0.3) is 0 Å². The van der Waals surface area contributed by atoms with Crippen LogP contribution in [0.1, 0.15) is 129 Å². The van der Waals surface area contributed by atoms with Crippen molar-refractivity contribution in [1.29, 1.82) is 0 Å². The van der Waals surface area contributed by atoms with Gasteiger partial charge < -0.3 is 15.5 Å². The number of allylic oxidation sites excluding steroid dienone is 5. The van der Waals surface area contributed by atoms with Crippen molar-refractivity contribution in [2.24, 2.45) is 0 Å². The number of nitrogens with one attached hydrogen (secondary N) is 1. The van der Waals surface area contributed by atoms with E-state index in [-0.39, 0.29) is 6.42 Å². The normalized spacial score (nSPS) is 14.9. The Labute approximate surface area is 239 Å². The number of hydrogen-bond donors (Lipinski definition) is 4. The molecule has 0 aliphatic carbocycles. The summed E-state index contributed by atoms with van der Waals surface area (Å²) in [5.74, 6) is -1.57. The minimum atomic E-state index is -4.44. The van der Waals surface area contributed by atoms with Crippen LogP contribution >= 0.6 is 0 Å². The molecule has 0 fully saturated rings. The first-order valence-electron chi connectivity index (χ1n) is 15.3. The van der Waals surface area contributed by atoms with Crippen molar-refractivity contribution in [1.82, 2.24) is 5.32 Å². The number of carbonyl (C=O) groups is 1. The SMILES string of the molecule is CCCC/C=C/CC/C=C/CC/C=C/C(O)C(CS(=O)(=O)O)NC(=O)C(O)CCCCCCCCCCCC. The highest BCUT2D eigenvalue weighted by Crippen LogP contribution is 2.12. The van der Waals surface area contributed by atoms with E-state index in [2.05, 4.69) is 43.5 Å². The van der Waals surface area contributed by atoms with Gasteiger partial charge in [0.2, 0.25) is 5.91 Å². The highest BCUT2D eigenvalue weighted by molar-refractivity contribution is 7.85. The molecule has 8 heteroatoms. The third kappa shape index (κ3) is 25.2. The predicted molar refractivity (Wildman–Crippen MR) is 162 cm³/mol. The van der Waals surface area contributed by atoms with Gasteiger partial charge in [0.1, 0.15) is 6.10 Å². The van der Waals surface area contributed by atoms with E-state index >= 15 is 0 Å². The molecule has 0 saturated carbocycles. The predicted octanol–water partition coefficient (Wildman–Crippen LogP) is 6.81. The average molecular weight is 572 g/mol. The van der Waals surface area contributed by atoms with Gasteiger partial charge in [-0.2, -0.15) is 8.42 Å². The maximum atomic E-state index is 12.4. The molecule has 4 N–H and O–H groups in total. The Morgan fingerprint density at radius 2 is 1.15 bits per heavy atom. The number of hydrogen-bond acceptors (Lipinski definition) is 5. The molecule has 0 radical (unpaired) electrons. The molecule has 39 heavy (non-hydrogen) atoms. The molecule has 0 aromatic carbocycles. The number of aliphatic hydroxyl groups excluding tert-OH is 2. The van der Waals surface area contributed by atoms with Gasteiger partial charge in [-0.1, -0.05) is 127 Å². The number of rotatable bonds is 26. The summed E-state index contributed by atoms with van der Waals surface area (Å²) in [5.41, 5.74) is 0. The van der Waals surface area contributed by atoms with Crippen LogP contribution in [-0.2, 0) is 14.9 Å². The van der Waals surface area contributed by atoms with Crippen LogP contribution in [-0.4, -0.2) is 53.1 Å². The number of amides is 1. The highest BCUT2D eigenvalue weighted by atomic mass is 32.2. The zero-order valence-corrected chi connectivity index (χ0v) is 25.4. The molecule has 228 valence electrons. The summed E-state index contributed by atoms with van der Waals surface area (Å²) in [4.78, 5) is 12.4. The van der Waals surface area contributed by atoms with E-state index < -0.39 is 40.0 Å². The molecule has 0 aliphatic rings. The standard InChI is InChI=1S/C31H57NO6S/c1-3-5-7-9-11-13-15-16-18-19-21-23-25-29(33)28(27-39(36,37)38)32-31(35)30(34)26-24-22-20-17-14-12-10-8-6-4-2/h9,11,16,18,23,25,28-30,33-34H,3-8,10,12-15,17,19-22,24,26-27H2,1-2H3,(H,32,35)(H,36,37,38)/b11-9+,18-16+,25-23+. The lowest BCUT2D eigenvalue weighted by molar-refractivity contribution is -0.130. The first-order chi connectivity index (χ1) is 18.7. The van der Waals surface area contributed by atoms with E-state index in [4.69, 9.17) is 0 Å². The van der Waals surface area contributed by atoms with Crippen molar-refractivity contribution < 1.29 is 28.0 Å². The summed E-state index contributed by atoms with van der Waals surface area (Å²) in [5, 5.41) is 23.1. The molecule has 0 aromatic rings. The van der Waals surface area contributed by atoms with Crippen LogP contribution < -0.4 is 5.32 Å². The Bertz CT molecular complexity index is 778. The largest absolute Gasteiger partial charge is 0.387 e. The molecule has 0 spiro atoms. The van der Waals surface area contributed by atoms with Crippen molar-refractivity contribution in [2.45, 2.75) is 148 Å². The van der Waals surface area contributed by atoms with E-state index in [0.29, 0.717) is 12.8 Å². The van der Waals surface area contributed by atoms with Crippen molar-refractivity contribution in [3.05, 3.63) is 36.5 Å². The van der Waals surface area contributed by atoms with E-state index in [0.717, 1.165) is 44.9 Å². The van der Waals surface area contributed by atoms with Gasteiger partial charge in [-0.05, 0) is 38.5 Å². The Balaban J connectivity index is 4.36. The van der Waals surface area contributed by atoms with E-state index in [1.165, 1.54) is 57.4 Å². The molecule has 0 bridgehead atoms. The zero-order valence-electron chi connectivity index (χ0n) is 24.6. The summed E-state index contributed by atoms with van der Waals surface area (Å²) < 4.78 is 32.1. The van der Waals surface area contributed by atoms with Crippen LogP contribution in [0.4, 0.5) is 0 Å². The molecule has 0 aliphatic heterocycles. The molecule has 0 aromatic heterocycles. The van der Waals surface area contributed by atoms with Crippen LogP contribution in [0.3, 0.4) is 0 Å². The monoisotopic (exact) mass is 571 g/mol. The van der Waals surface area contributed by atoms with Crippen LogP contribution in [0, 0.1) is 0 Å². The smallest absolute Gasteiger partial charge is 0.267 e. The molecular formula is C31H57NO6S. The third-order valence-corrected chi connectivity index (χ3v) is 7.44. The lowest BCUT2D eigenvalue weighted by atomic mass is 10.0. The summed E-state index contributed by atoms with van der Waals surface area (Å²) in [6.45, 7) is 4.39. The number of aliphatic hydroxyl groups is 2. The molecule has 7 nitrogen and oxygen atoms in total. The van der Waals surface area contributed by atoms with Gasteiger partial charge in [0.05, 0.1) is 17.9 Å². The van der Waals surface area contributed by atoms with Crippen molar-refractivity contribution in [3.63, 3.8) is 0 Å². The van der Waals surface area contributed by atoms with E-state index in [1.54, 1.807) is 6.08 Å².